The normalized spacial score (nSPS) is 23.3. The van der Waals surface area contributed by atoms with Gasteiger partial charge in [-0.2, -0.15) is 0 Å². The van der Waals surface area contributed by atoms with Crippen LogP contribution in [0.15, 0.2) is 30.3 Å². The highest BCUT2D eigenvalue weighted by Crippen LogP contribution is 2.30. The molecule has 0 heterocycles. The number of aliphatic hydroxyl groups is 1. The Labute approximate surface area is 108 Å². The van der Waals surface area contributed by atoms with Crippen LogP contribution in [-0.2, 0) is 4.79 Å². The number of carbonyl (C=O) groups excluding carboxylic acids is 1. The monoisotopic (exact) mass is 248 g/mol. The van der Waals surface area contributed by atoms with Crippen molar-refractivity contribution in [3.8, 4) is 5.75 Å². The average Bonchev–Trinajstić information content (AvgIpc) is 2.71. The van der Waals surface area contributed by atoms with Gasteiger partial charge in [-0.15, -0.1) is 0 Å². The largest absolute Gasteiger partial charge is 0.494 e. The van der Waals surface area contributed by atoms with E-state index < -0.39 is 5.60 Å². The first kappa shape index (κ1) is 13.1. The van der Waals surface area contributed by atoms with Gasteiger partial charge in [-0.3, -0.25) is 4.79 Å². The van der Waals surface area contributed by atoms with Crippen molar-refractivity contribution in [1.82, 2.24) is 0 Å². The van der Waals surface area contributed by atoms with Gasteiger partial charge < -0.3 is 9.84 Å². The molecule has 1 saturated carbocycles. The quantitative estimate of drug-likeness (QED) is 0.787. The van der Waals surface area contributed by atoms with Crippen LogP contribution in [0.1, 0.15) is 38.5 Å². The summed E-state index contributed by atoms with van der Waals surface area (Å²) < 4.78 is 5.56. The average molecular weight is 248 g/mol. The summed E-state index contributed by atoms with van der Waals surface area (Å²) in [5.41, 5.74) is -1.03. The molecule has 0 bridgehead atoms. The standard InChI is InChI=1S/C15H20O3/c16-14-9-6-11-15(14,17)10-4-5-12-18-13-7-2-1-3-8-13/h1-3,7-8,17H,4-6,9-12H2/t15-/m1/s1. The van der Waals surface area contributed by atoms with E-state index in [0.717, 1.165) is 25.0 Å². The molecular formula is C15H20O3. The molecule has 0 amide bonds. The van der Waals surface area contributed by atoms with Crippen LogP contribution in [0, 0.1) is 0 Å². The van der Waals surface area contributed by atoms with Crippen LogP contribution in [0.25, 0.3) is 0 Å². The Morgan fingerprint density at radius 2 is 2.00 bits per heavy atom. The predicted octanol–water partition coefficient (Wildman–Crippen LogP) is 2.72. The SMILES string of the molecule is O=C1CCC[C@]1(O)CCCCOc1ccccc1. The van der Waals surface area contributed by atoms with Gasteiger partial charge in [0.25, 0.3) is 0 Å². The molecule has 1 aliphatic rings. The lowest BCUT2D eigenvalue weighted by atomic mass is 9.94. The second-order valence-corrected chi connectivity index (χ2v) is 4.93. The summed E-state index contributed by atoms with van der Waals surface area (Å²) in [6.07, 6.45) is 4.27. The van der Waals surface area contributed by atoms with Crippen molar-refractivity contribution in [2.75, 3.05) is 6.61 Å². The lowest BCUT2D eigenvalue weighted by Crippen LogP contribution is -2.33. The topological polar surface area (TPSA) is 46.5 Å². The van der Waals surface area contributed by atoms with E-state index in [4.69, 9.17) is 4.74 Å². The Kier molecular flexibility index (Phi) is 4.37. The second kappa shape index (κ2) is 6.01. The maximum atomic E-state index is 11.5. The Morgan fingerprint density at radius 1 is 1.22 bits per heavy atom. The molecule has 18 heavy (non-hydrogen) atoms. The van der Waals surface area contributed by atoms with Gasteiger partial charge in [0.2, 0.25) is 0 Å². The number of Topliss-reactive ketones (excluding diaryl/α,β-unsaturated/α-hetero) is 1. The highest BCUT2D eigenvalue weighted by molar-refractivity contribution is 5.88. The molecular weight excluding hydrogens is 228 g/mol. The third-order valence-electron chi connectivity index (χ3n) is 3.51. The van der Waals surface area contributed by atoms with Gasteiger partial charge in [0.15, 0.2) is 5.78 Å². The molecule has 0 aliphatic heterocycles. The van der Waals surface area contributed by atoms with Crippen LogP contribution in [-0.4, -0.2) is 23.1 Å². The molecule has 1 aromatic rings. The van der Waals surface area contributed by atoms with Crippen molar-refractivity contribution in [3.63, 3.8) is 0 Å². The van der Waals surface area contributed by atoms with Crippen molar-refractivity contribution < 1.29 is 14.6 Å². The molecule has 3 nitrogen and oxygen atoms in total. The van der Waals surface area contributed by atoms with E-state index in [0.29, 0.717) is 25.9 Å². The Hall–Kier alpha value is -1.35. The summed E-state index contributed by atoms with van der Waals surface area (Å²) in [5, 5.41) is 10.1. The molecule has 1 aliphatic carbocycles. The van der Waals surface area contributed by atoms with Gasteiger partial charge in [0.1, 0.15) is 11.4 Å². The van der Waals surface area contributed by atoms with Crippen LogP contribution < -0.4 is 4.74 Å². The van der Waals surface area contributed by atoms with E-state index in [1.807, 2.05) is 30.3 Å². The van der Waals surface area contributed by atoms with Gasteiger partial charge in [-0.05, 0) is 44.2 Å². The smallest absolute Gasteiger partial charge is 0.164 e. The third kappa shape index (κ3) is 3.33. The first-order valence-electron chi connectivity index (χ1n) is 6.64. The van der Waals surface area contributed by atoms with Crippen LogP contribution in [0.3, 0.4) is 0 Å². The Bertz CT molecular complexity index is 388. The Morgan fingerprint density at radius 3 is 2.67 bits per heavy atom. The van der Waals surface area contributed by atoms with Crippen molar-refractivity contribution in [1.29, 1.82) is 0 Å². The summed E-state index contributed by atoms with van der Waals surface area (Å²) >= 11 is 0. The molecule has 1 aromatic carbocycles. The zero-order chi connectivity index (χ0) is 12.8. The van der Waals surface area contributed by atoms with Gasteiger partial charge in [0, 0.05) is 6.42 Å². The number of carbonyl (C=O) groups is 1. The number of para-hydroxylation sites is 1. The van der Waals surface area contributed by atoms with E-state index in [1.54, 1.807) is 0 Å². The van der Waals surface area contributed by atoms with Crippen molar-refractivity contribution >= 4 is 5.78 Å². The summed E-state index contributed by atoms with van der Waals surface area (Å²) in [7, 11) is 0. The second-order valence-electron chi connectivity index (χ2n) is 4.93. The molecule has 0 saturated heterocycles. The third-order valence-corrected chi connectivity index (χ3v) is 3.51. The zero-order valence-corrected chi connectivity index (χ0v) is 10.6. The summed E-state index contributed by atoms with van der Waals surface area (Å²) in [6, 6.07) is 9.68. The maximum absolute atomic E-state index is 11.5. The first-order chi connectivity index (χ1) is 8.71. The number of hydrogen-bond donors (Lipinski definition) is 1. The molecule has 1 atom stereocenters. The number of unbranched alkanes of at least 4 members (excludes halogenated alkanes) is 1. The molecule has 0 spiro atoms. The molecule has 0 radical (unpaired) electrons. The van der Waals surface area contributed by atoms with Gasteiger partial charge in [-0.25, -0.2) is 0 Å². The van der Waals surface area contributed by atoms with Gasteiger partial charge in [0.05, 0.1) is 6.61 Å². The van der Waals surface area contributed by atoms with Crippen LogP contribution in [0.2, 0.25) is 0 Å². The Balaban J connectivity index is 1.63. The van der Waals surface area contributed by atoms with Gasteiger partial charge >= 0.3 is 0 Å². The number of benzene rings is 1. The minimum Gasteiger partial charge on any atom is -0.494 e. The zero-order valence-electron chi connectivity index (χ0n) is 10.6. The highest BCUT2D eigenvalue weighted by Gasteiger charge is 2.38. The molecule has 0 aromatic heterocycles. The van der Waals surface area contributed by atoms with Crippen molar-refractivity contribution in [2.45, 2.75) is 44.1 Å². The lowest BCUT2D eigenvalue weighted by Gasteiger charge is -2.20. The van der Waals surface area contributed by atoms with Crippen LogP contribution in [0.4, 0.5) is 0 Å². The van der Waals surface area contributed by atoms with Crippen LogP contribution in [0.5, 0.6) is 5.75 Å². The molecule has 3 heteroatoms. The minimum atomic E-state index is -1.03. The predicted molar refractivity (Wildman–Crippen MR) is 69.6 cm³/mol. The highest BCUT2D eigenvalue weighted by atomic mass is 16.5. The fourth-order valence-corrected chi connectivity index (χ4v) is 2.40. The van der Waals surface area contributed by atoms with E-state index >= 15 is 0 Å². The molecule has 1 fully saturated rings. The van der Waals surface area contributed by atoms with Crippen molar-refractivity contribution in [3.05, 3.63) is 30.3 Å². The lowest BCUT2D eigenvalue weighted by molar-refractivity contribution is -0.134. The molecule has 2 rings (SSSR count). The van der Waals surface area contributed by atoms with Crippen molar-refractivity contribution in [2.24, 2.45) is 0 Å². The molecule has 0 unspecified atom stereocenters. The number of ketones is 1. The summed E-state index contributed by atoms with van der Waals surface area (Å²) in [6.45, 7) is 0.633. The van der Waals surface area contributed by atoms with Gasteiger partial charge in [-0.1, -0.05) is 18.2 Å². The summed E-state index contributed by atoms with van der Waals surface area (Å²) in [4.78, 5) is 11.5. The van der Waals surface area contributed by atoms with E-state index in [1.165, 1.54) is 0 Å². The fraction of sp³-hybridized carbons (Fsp3) is 0.533. The minimum absolute atomic E-state index is 0.0199. The number of rotatable bonds is 6. The molecule has 98 valence electrons. The van der Waals surface area contributed by atoms with E-state index in [-0.39, 0.29) is 5.78 Å². The maximum Gasteiger partial charge on any atom is 0.164 e. The number of hydrogen-bond acceptors (Lipinski definition) is 3. The van der Waals surface area contributed by atoms with E-state index in [9.17, 15) is 9.90 Å². The van der Waals surface area contributed by atoms with E-state index in [2.05, 4.69) is 0 Å². The fourth-order valence-electron chi connectivity index (χ4n) is 2.40. The summed E-state index contributed by atoms with van der Waals surface area (Å²) in [5.74, 6) is 0.889. The first-order valence-corrected chi connectivity index (χ1v) is 6.64. The number of ether oxygens (including phenoxy) is 1. The van der Waals surface area contributed by atoms with Crippen LogP contribution >= 0.6 is 0 Å². The molecule has 1 N–H and O–H groups in total.